The second kappa shape index (κ2) is 8.10. The topological polar surface area (TPSA) is 33.3 Å². The molecule has 0 saturated carbocycles. The van der Waals surface area contributed by atoms with Gasteiger partial charge in [0.25, 0.3) is 0 Å². The molecule has 1 atom stereocenters. The van der Waals surface area contributed by atoms with Crippen LogP contribution in [0.2, 0.25) is 0 Å². The summed E-state index contributed by atoms with van der Waals surface area (Å²) in [6.45, 7) is 2.39. The number of benzene rings is 2. The van der Waals surface area contributed by atoms with Crippen molar-refractivity contribution in [3.8, 4) is 5.75 Å². The zero-order chi connectivity index (χ0) is 15.9. The van der Waals surface area contributed by atoms with Crippen LogP contribution >= 0.6 is 28.1 Å². The van der Waals surface area contributed by atoms with Gasteiger partial charge in [-0.15, -0.1) is 0 Å². The molecule has 0 aliphatic rings. The first-order valence-corrected chi connectivity index (χ1v) is 7.95. The molecule has 1 unspecified atom stereocenters. The first-order valence-electron chi connectivity index (χ1n) is 6.75. The van der Waals surface area contributed by atoms with Gasteiger partial charge < -0.3 is 15.4 Å². The average Bonchev–Trinajstić information content (AvgIpc) is 2.49. The number of hydrogen-bond donors (Lipinski definition) is 2. The van der Waals surface area contributed by atoms with Crippen molar-refractivity contribution in [3.05, 3.63) is 58.8 Å². The van der Waals surface area contributed by atoms with E-state index in [0.717, 1.165) is 5.75 Å². The Kier molecular flexibility index (Phi) is 6.15. The van der Waals surface area contributed by atoms with E-state index >= 15 is 0 Å². The lowest BCUT2D eigenvalue weighted by molar-refractivity contribution is 0.287. The molecule has 3 nitrogen and oxygen atoms in total. The van der Waals surface area contributed by atoms with Crippen LogP contribution in [0.4, 0.5) is 10.1 Å². The van der Waals surface area contributed by atoms with E-state index in [0.29, 0.717) is 21.9 Å². The number of anilines is 1. The fraction of sp³-hybridized carbons (Fsp3) is 0.188. The summed E-state index contributed by atoms with van der Waals surface area (Å²) in [5.74, 6) is 0.431. The number of halogens is 2. The Morgan fingerprint density at radius 2 is 2.00 bits per heavy atom. The second-order valence-electron chi connectivity index (χ2n) is 4.75. The molecule has 0 aliphatic carbocycles. The summed E-state index contributed by atoms with van der Waals surface area (Å²) >= 11 is 8.39. The van der Waals surface area contributed by atoms with E-state index in [4.69, 9.17) is 17.0 Å². The zero-order valence-corrected chi connectivity index (χ0v) is 14.4. The summed E-state index contributed by atoms with van der Waals surface area (Å²) < 4.78 is 20.0. The molecular weight excluding hydrogens is 367 g/mol. The van der Waals surface area contributed by atoms with Crippen molar-refractivity contribution in [3.63, 3.8) is 0 Å². The summed E-state index contributed by atoms with van der Waals surface area (Å²) in [6.07, 6.45) is 0. The molecule has 2 aromatic carbocycles. The van der Waals surface area contributed by atoms with E-state index in [1.54, 1.807) is 12.1 Å². The van der Waals surface area contributed by atoms with Crippen LogP contribution in [0.25, 0.3) is 0 Å². The van der Waals surface area contributed by atoms with Gasteiger partial charge in [-0.2, -0.15) is 0 Å². The lowest BCUT2D eigenvalue weighted by Crippen LogP contribution is -2.39. The van der Waals surface area contributed by atoms with Crippen LogP contribution in [0, 0.1) is 5.82 Å². The van der Waals surface area contributed by atoms with Crippen molar-refractivity contribution in [2.24, 2.45) is 0 Å². The van der Waals surface area contributed by atoms with Gasteiger partial charge in [0.05, 0.1) is 11.7 Å². The first kappa shape index (κ1) is 16.7. The van der Waals surface area contributed by atoms with Gasteiger partial charge in [0.15, 0.2) is 5.11 Å². The molecule has 0 radical (unpaired) electrons. The summed E-state index contributed by atoms with van der Waals surface area (Å²) in [6, 6.07) is 14.3. The molecule has 22 heavy (non-hydrogen) atoms. The Labute approximate surface area is 143 Å². The Morgan fingerprint density at radius 1 is 1.27 bits per heavy atom. The fourth-order valence-electron chi connectivity index (χ4n) is 1.75. The first-order chi connectivity index (χ1) is 10.5. The average molecular weight is 383 g/mol. The quantitative estimate of drug-likeness (QED) is 0.753. The maximum atomic E-state index is 13.7. The van der Waals surface area contributed by atoms with E-state index < -0.39 is 0 Å². The lowest BCUT2D eigenvalue weighted by Gasteiger charge is -2.18. The van der Waals surface area contributed by atoms with Gasteiger partial charge in [0.1, 0.15) is 18.2 Å². The molecule has 0 fully saturated rings. The summed E-state index contributed by atoms with van der Waals surface area (Å²) in [5.41, 5.74) is 0.330. The van der Waals surface area contributed by atoms with E-state index in [9.17, 15) is 4.39 Å². The minimum absolute atomic E-state index is 0.0151. The van der Waals surface area contributed by atoms with Gasteiger partial charge in [-0.25, -0.2) is 4.39 Å². The number of rotatable bonds is 5. The van der Waals surface area contributed by atoms with Crippen LogP contribution in [-0.2, 0) is 0 Å². The van der Waals surface area contributed by atoms with E-state index in [1.165, 1.54) is 6.07 Å². The molecule has 0 bridgehead atoms. The third kappa shape index (κ3) is 5.27. The Bertz CT molecular complexity index is 639. The minimum atomic E-state index is -0.369. The van der Waals surface area contributed by atoms with Crippen LogP contribution in [0.5, 0.6) is 5.75 Å². The summed E-state index contributed by atoms with van der Waals surface area (Å²) in [5, 5.41) is 6.25. The number of ether oxygens (including phenoxy) is 1. The van der Waals surface area contributed by atoms with Crippen LogP contribution in [0.1, 0.15) is 6.92 Å². The van der Waals surface area contributed by atoms with Crippen molar-refractivity contribution in [1.82, 2.24) is 5.32 Å². The fourth-order valence-corrected chi connectivity index (χ4v) is 2.40. The lowest BCUT2D eigenvalue weighted by atomic mass is 10.3. The highest BCUT2D eigenvalue weighted by Gasteiger charge is 2.08. The van der Waals surface area contributed by atoms with Gasteiger partial charge in [-0.1, -0.05) is 34.1 Å². The van der Waals surface area contributed by atoms with E-state index in [-0.39, 0.29) is 11.9 Å². The SMILES string of the molecule is CC(COc1ccccc1)NC(=S)Nc1ccc(Br)cc1F. The Morgan fingerprint density at radius 3 is 2.68 bits per heavy atom. The van der Waals surface area contributed by atoms with Crippen molar-refractivity contribution in [1.29, 1.82) is 0 Å². The molecule has 0 amide bonds. The van der Waals surface area contributed by atoms with Crippen LogP contribution in [0.15, 0.2) is 53.0 Å². The molecule has 0 aliphatic heterocycles. The third-order valence-corrected chi connectivity index (χ3v) is 3.51. The summed E-state index contributed by atoms with van der Waals surface area (Å²) in [4.78, 5) is 0. The van der Waals surface area contributed by atoms with Crippen LogP contribution < -0.4 is 15.4 Å². The van der Waals surface area contributed by atoms with Gasteiger partial charge in [-0.05, 0) is 49.5 Å². The van der Waals surface area contributed by atoms with E-state index in [1.807, 2.05) is 37.3 Å². The number of nitrogens with one attached hydrogen (secondary N) is 2. The molecule has 0 spiro atoms. The van der Waals surface area contributed by atoms with E-state index in [2.05, 4.69) is 26.6 Å². The predicted molar refractivity (Wildman–Crippen MR) is 94.9 cm³/mol. The maximum Gasteiger partial charge on any atom is 0.171 e. The standard InChI is InChI=1S/C16H16BrFN2OS/c1-11(10-21-13-5-3-2-4-6-13)19-16(22)20-15-8-7-12(17)9-14(15)18/h2-9,11H,10H2,1H3,(H2,19,20,22). The monoisotopic (exact) mass is 382 g/mol. The maximum absolute atomic E-state index is 13.7. The van der Waals surface area contributed by atoms with Crippen molar-refractivity contribution in [2.45, 2.75) is 13.0 Å². The number of para-hydroxylation sites is 1. The zero-order valence-electron chi connectivity index (χ0n) is 12.0. The summed E-state index contributed by atoms with van der Waals surface area (Å²) in [7, 11) is 0. The highest BCUT2D eigenvalue weighted by atomic mass is 79.9. The van der Waals surface area contributed by atoms with Crippen molar-refractivity contribution < 1.29 is 9.13 Å². The van der Waals surface area contributed by atoms with Gasteiger partial charge in [0.2, 0.25) is 0 Å². The molecule has 2 N–H and O–H groups in total. The van der Waals surface area contributed by atoms with Crippen molar-refractivity contribution in [2.75, 3.05) is 11.9 Å². The smallest absolute Gasteiger partial charge is 0.171 e. The molecule has 0 heterocycles. The molecule has 2 rings (SSSR count). The predicted octanol–water partition coefficient (Wildman–Crippen LogP) is 4.34. The third-order valence-electron chi connectivity index (χ3n) is 2.80. The number of thiocarbonyl (C=S) groups is 1. The van der Waals surface area contributed by atoms with Crippen LogP contribution in [-0.4, -0.2) is 17.8 Å². The Balaban J connectivity index is 1.81. The van der Waals surface area contributed by atoms with Crippen LogP contribution in [0.3, 0.4) is 0 Å². The van der Waals surface area contributed by atoms with Gasteiger partial charge >= 0.3 is 0 Å². The normalized spacial score (nSPS) is 11.6. The molecule has 0 aromatic heterocycles. The van der Waals surface area contributed by atoms with Gasteiger partial charge in [-0.3, -0.25) is 0 Å². The highest BCUT2D eigenvalue weighted by molar-refractivity contribution is 9.10. The molecular formula is C16H16BrFN2OS. The molecule has 6 heteroatoms. The Hall–Kier alpha value is -1.66. The van der Waals surface area contributed by atoms with Gasteiger partial charge in [0, 0.05) is 4.47 Å². The highest BCUT2D eigenvalue weighted by Crippen LogP contribution is 2.19. The molecule has 116 valence electrons. The largest absolute Gasteiger partial charge is 0.491 e. The second-order valence-corrected chi connectivity index (χ2v) is 6.07. The van der Waals surface area contributed by atoms with Crippen molar-refractivity contribution >= 4 is 38.9 Å². The molecule has 0 saturated heterocycles. The number of hydrogen-bond acceptors (Lipinski definition) is 2. The minimum Gasteiger partial charge on any atom is -0.491 e. The molecule has 2 aromatic rings.